The van der Waals surface area contributed by atoms with Gasteiger partial charge in [0.1, 0.15) is 12.3 Å². The highest BCUT2D eigenvalue weighted by Gasteiger charge is 2.15. The summed E-state index contributed by atoms with van der Waals surface area (Å²) < 4.78 is 9.89. The van der Waals surface area contributed by atoms with E-state index < -0.39 is 35.9 Å². The fraction of sp³-hybridized carbons (Fsp3) is 0.211. The maximum Gasteiger partial charge on any atom is 0.325 e. The average Bonchev–Trinajstić information content (AvgIpc) is 2.71. The van der Waals surface area contributed by atoms with Crippen LogP contribution in [0.5, 0.6) is 5.75 Å². The number of ether oxygens (including phenoxy) is 2. The van der Waals surface area contributed by atoms with Crippen molar-refractivity contribution >= 4 is 29.2 Å². The van der Waals surface area contributed by atoms with Crippen LogP contribution in [0.1, 0.15) is 15.9 Å². The molecule has 0 atom stereocenters. The first kappa shape index (κ1) is 21.4. The van der Waals surface area contributed by atoms with Crippen molar-refractivity contribution in [3.8, 4) is 5.75 Å². The first-order valence-electron chi connectivity index (χ1n) is 8.43. The number of anilines is 1. The minimum atomic E-state index is -0.802. The molecule has 10 heteroatoms. The summed E-state index contributed by atoms with van der Waals surface area (Å²) in [6, 6.07) is 10.5. The number of nitrogens with zero attached hydrogens (tertiary/aromatic N) is 1. The van der Waals surface area contributed by atoms with Crippen molar-refractivity contribution in [2.24, 2.45) is 0 Å². The zero-order valence-corrected chi connectivity index (χ0v) is 15.8. The number of rotatable bonds is 8. The number of methoxy groups -OCH3 is 1. The molecule has 2 rings (SSSR count). The number of carbonyl (C=O) groups excluding carboxylic acids is 3. The van der Waals surface area contributed by atoms with Gasteiger partial charge in [0.15, 0.2) is 6.61 Å². The van der Waals surface area contributed by atoms with Crippen molar-refractivity contribution < 1.29 is 28.8 Å². The highest BCUT2D eigenvalue weighted by Crippen LogP contribution is 2.21. The molecule has 2 N–H and O–H groups in total. The highest BCUT2D eigenvalue weighted by molar-refractivity contribution is 5.98. The Morgan fingerprint density at radius 2 is 1.86 bits per heavy atom. The lowest BCUT2D eigenvalue weighted by molar-refractivity contribution is -0.384. The van der Waals surface area contributed by atoms with Crippen LogP contribution in [-0.2, 0) is 14.3 Å². The van der Waals surface area contributed by atoms with Crippen LogP contribution in [0, 0.1) is 17.0 Å². The van der Waals surface area contributed by atoms with Crippen LogP contribution in [-0.4, -0.2) is 43.0 Å². The number of nitro groups is 1. The van der Waals surface area contributed by atoms with E-state index in [9.17, 15) is 24.5 Å². The Labute approximate surface area is 166 Å². The number of para-hydroxylation sites is 1. The van der Waals surface area contributed by atoms with Crippen LogP contribution in [0.4, 0.5) is 11.4 Å². The summed E-state index contributed by atoms with van der Waals surface area (Å²) in [7, 11) is 1.42. The van der Waals surface area contributed by atoms with Gasteiger partial charge in [-0.05, 0) is 30.7 Å². The summed E-state index contributed by atoms with van der Waals surface area (Å²) in [5.41, 5.74) is 1.01. The number of esters is 1. The van der Waals surface area contributed by atoms with Crippen molar-refractivity contribution in [1.29, 1.82) is 0 Å². The van der Waals surface area contributed by atoms with Gasteiger partial charge in [-0.2, -0.15) is 0 Å². The van der Waals surface area contributed by atoms with E-state index in [0.29, 0.717) is 17.0 Å². The van der Waals surface area contributed by atoms with Gasteiger partial charge in [0.05, 0.1) is 17.6 Å². The molecule has 29 heavy (non-hydrogen) atoms. The smallest absolute Gasteiger partial charge is 0.325 e. The molecule has 10 nitrogen and oxygen atoms in total. The minimum Gasteiger partial charge on any atom is -0.496 e. The lowest BCUT2D eigenvalue weighted by Gasteiger charge is -2.10. The van der Waals surface area contributed by atoms with E-state index in [1.54, 1.807) is 31.2 Å². The number of non-ortho nitro benzene ring substituents is 1. The molecular weight excluding hydrogens is 382 g/mol. The summed E-state index contributed by atoms with van der Waals surface area (Å²) >= 11 is 0. The Bertz CT molecular complexity index is 943. The lowest BCUT2D eigenvalue weighted by Crippen LogP contribution is -2.32. The van der Waals surface area contributed by atoms with E-state index in [2.05, 4.69) is 10.6 Å². The number of hydrogen-bond donors (Lipinski definition) is 2. The van der Waals surface area contributed by atoms with Gasteiger partial charge >= 0.3 is 5.97 Å². The molecule has 2 aromatic rings. The number of carbonyl (C=O) groups is 3. The van der Waals surface area contributed by atoms with Crippen molar-refractivity contribution in [2.45, 2.75) is 6.92 Å². The van der Waals surface area contributed by atoms with E-state index in [-0.39, 0.29) is 11.3 Å². The van der Waals surface area contributed by atoms with E-state index in [0.717, 1.165) is 0 Å². The Hall–Kier alpha value is -3.95. The van der Waals surface area contributed by atoms with Crippen molar-refractivity contribution in [2.75, 3.05) is 25.6 Å². The third-order valence-corrected chi connectivity index (χ3v) is 3.80. The zero-order chi connectivity index (χ0) is 21.4. The van der Waals surface area contributed by atoms with Gasteiger partial charge in [0.25, 0.3) is 17.5 Å². The van der Waals surface area contributed by atoms with E-state index in [1.165, 1.54) is 25.3 Å². The molecule has 2 aromatic carbocycles. The predicted molar refractivity (Wildman–Crippen MR) is 103 cm³/mol. The van der Waals surface area contributed by atoms with Crippen molar-refractivity contribution in [3.05, 3.63) is 63.7 Å². The minimum absolute atomic E-state index is 0.0993. The van der Waals surface area contributed by atoms with Crippen LogP contribution in [0.2, 0.25) is 0 Å². The molecule has 0 unspecified atom stereocenters. The molecule has 0 aliphatic rings. The Morgan fingerprint density at radius 3 is 2.52 bits per heavy atom. The molecule has 2 amide bonds. The van der Waals surface area contributed by atoms with Crippen LogP contribution < -0.4 is 15.4 Å². The fourth-order valence-electron chi connectivity index (χ4n) is 2.36. The summed E-state index contributed by atoms with van der Waals surface area (Å²) in [6.07, 6.45) is 0. The van der Waals surface area contributed by atoms with Gasteiger partial charge in [-0.25, -0.2) is 0 Å². The number of amides is 2. The van der Waals surface area contributed by atoms with Gasteiger partial charge in [0, 0.05) is 17.8 Å². The van der Waals surface area contributed by atoms with Crippen LogP contribution in [0.15, 0.2) is 42.5 Å². The summed E-state index contributed by atoms with van der Waals surface area (Å²) in [6.45, 7) is 0.600. The van der Waals surface area contributed by atoms with Gasteiger partial charge in [-0.1, -0.05) is 12.1 Å². The average molecular weight is 401 g/mol. The molecule has 0 saturated carbocycles. The molecule has 0 aliphatic carbocycles. The molecule has 0 radical (unpaired) electrons. The van der Waals surface area contributed by atoms with Gasteiger partial charge in [-0.15, -0.1) is 0 Å². The van der Waals surface area contributed by atoms with Gasteiger partial charge in [-0.3, -0.25) is 24.5 Å². The van der Waals surface area contributed by atoms with E-state index >= 15 is 0 Å². The van der Waals surface area contributed by atoms with Crippen molar-refractivity contribution in [1.82, 2.24) is 5.32 Å². The summed E-state index contributed by atoms with van der Waals surface area (Å²) in [4.78, 5) is 45.9. The number of nitrogens with one attached hydrogen (secondary N) is 2. The van der Waals surface area contributed by atoms with Crippen LogP contribution in [0.25, 0.3) is 0 Å². The standard InChI is InChI=1S/C19H19N3O7/c1-12-9-13(22(26)27)7-8-15(12)21-17(23)11-29-18(24)10-20-19(25)14-5-3-4-6-16(14)28-2/h3-9H,10-11H2,1-2H3,(H,20,25)(H,21,23). The second kappa shape index (κ2) is 9.83. The lowest BCUT2D eigenvalue weighted by atomic mass is 10.2. The number of aryl methyl sites for hydroxylation is 1. The Kier molecular flexibility index (Phi) is 7.24. The molecule has 0 spiro atoms. The van der Waals surface area contributed by atoms with Crippen molar-refractivity contribution in [3.63, 3.8) is 0 Å². The normalized spacial score (nSPS) is 10.0. The van der Waals surface area contributed by atoms with E-state index in [4.69, 9.17) is 9.47 Å². The first-order chi connectivity index (χ1) is 13.8. The Balaban J connectivity index is 1.81. The second-order valence-corrected chi connectivity index (χ2v) is 5.85. The monoisotopic (exact) mass is 401 g/mol. The van der Waals surface area contributed by atoms with Gasteiger partial charge < -0.3 is 20.1 Å². The molecule has 0 bridgehead atoms. The van der Waals surface area contributed by atoms with Crippen LogP contribution >= 0.6 is 0 Å². The number of nitro benzene ring substituents is 1. The largest absolute Gasteiger partial charge is 0.496 e. The fourth-order valence-corrected chi connectivity index (χ4v) is 2.36. The zero-order valence-electron chi connectivity index (χ0n) is 15.8. The molecule has 0 aromatic heterocycles. The quantitative estimate of drug-likeness (QED) is 0.391. The first-order valence-corrected chi connectivity index (χ1v) is 8.43. The van der Waals surface area contributed by atoms with Crippen LogP contribution in [0.3, 0.4) is 0 Å². The Morgan fingerprint density at radius 1 is 1.14 bits per heavy atom. The molecule has 0 aliphatic heterocycles. The molecule has 0 saturated heterocycles. The summed E-state index contributed by atoms with van der Waals surface area (Å²) in [5, 5.41) is 15.6. The second-order valence-electron chi connectivity index (χ2n) is 5.85. The number of hydrogen-bond acceptors (Lipinski definition) is 7. The third-order valence-electron chi connectivity index (χ3n) is 3.80. The SMILES string of the molecule is COc1ccccc1C(=O)NCC(=O)OCC(=O)Nc1ccc([N+](=O)[O-])cc1C. The molecule has 152 valence electrons. The topological polar surface area (TPSA) is 137 Å². The van der Waals surface area contributed by atoms with Gasteiger partial charge in [0.2, 0.25) is 0 Å². The maximum atomic E-state index is 12.1. The maximum absolute atomic E-state index is 12.1. The van der Waals surface area contributed by atoms with E-state index in [1.807, 2.05) is 0 Å². The predicted octanol–water partition coefficient (Wildman–Crippen LogP) is 1.82. The molecule has 0 fully saturated rings. The highest BCUT2D eigenvalue weighted by atomic mass is 16.6. The number of benzene rings is 2. The third kappa shape index (κ3) is 6.03. The molecule has 0 heterocycles. The summed E-state index contributed by atoms with van der Waals surface area (Å²) in [5.74, 6) is -1.59. The molecular formula is C19H19N3O7.